The van der Waals surface area contributed by atoms with E-state index in [4.69, 9.17) is 0 Å². The van der Waals surface area contributed by atoms with E-state index in [0.717, 1.165) is 37.1 Å². The Labute approximate surface area is 109 Å². The normalized spacial score (nSPS) is 11.4. The number of fused-ring (bicyclic) bond motifs is 1. The number of benzene rings is 1. The van der Waals surface area contributed by atoms with Crippen molar-refractivity contribution in [3.63, 3.8) is 0 Å². The van der Waals surface area contributed by atoms with Gasteiger partial charge in [0, 0.05) is 17.5 Å². The smallest absolute Gasteiger partial charge is 0.0705 e. The molecule has 2 heteroatoms. The van der Waals surface area contributed by atoms with Crippen molar-refractivity contribution >= 4 is 10.9 Å². The van der Waals surface area contributed by atoms with Crippen LogP contribution in [0.15, 0.2) is 48.6 Å². The van der Waals surface area contributed by atoms with E-state index >= 15 is 0 Å². The van der Waals surface area contributed by atoms with Crippen LogP contribution in [0.4, 0.5) is 0 Å². The van der Waals surface area contributed by atoms with Gasteiger partial charge in [0.2, 0.25) is 0 Å². The van der Waals surface area contributed by atoms with E-state index in [9.17, 15) is 0 Å². The highest BCUT2D eigenvalue weighted by atomic mass is 14.8. The van der Waals surface area contributed by atoms with Gasteiger partial charge in [-0.25, -0.2) is 0 Å². The molecule has 1 aromatic heterocycles. The summed E-state index contributed by atoms with van der Waals surface area (Å²) in [5, 5.41) is 4.51. The molecule has 2 nitrogen and oxygen atoms in total. The van der Waals surface area contributed by atoms with E-state index in [1.165, 1.54) is 5.39 Å². The van der Waals surface area contributed by atoms with Gasteiger partial charge >= 0.3 is 0 Å². The average molecular weight is 240 g/mol. The van der Waals surface area contributed by atoms with Crippen molar-refractivity contribution in [2.75, 3.05) is 13.1 Å². The zero-order valence-corrected chi connectivity index (χ0v) is 10.9. The molecule has 0 amide bonds. The predicted molar refractivity (Wildman–Crippen MR) is 77.7 cm³/mol. The lowest BCUT2D eigenvalue weighted by Gasteiger charge is -2.00. The van der Waals surface area contributed by atoms with Crippen LogP contribution >= 0.6 is 0 Å². The standard InChI is InChI=1S/C16H20N2/c1-2-17-13-7-3-4-9-15-12-11-14-8-5-6-10-16(14)18-15/h3-6,8,10-12,17H,2,7,9,13H2,1H3. The number of rotatable bonds is 6. The third-order valence-corrected chi connectivity index (χ3v) is 2.89. The van der Waals surface area contributed by atoms with Crippen molar-refractivity contribution in [2.45, 2.75) is 19.8 Å². The average Bonchev–Trinajstić information content (AvgIpc) is 2.42. The molecular weight excluding hydrogens is 220 g/mol. The number of aromatic nitrogens is 1. The Hall–Kier alpha value is -1.67. The number of allylic oxidation sites excluding steroid dienone is 1. The number of hydrogen-bond donors (Lipinski definition) is 1. The summed E-state index contributed by atoms with van der Waals surface area (Å²) in [5.41, 5.74) is 2.21. The first kappa shape index (κ1) is 12.8. The zero-order chi connectivity index (χ0) is 12.6. The van der Waals surface area contributed by atoms with E-state index in [-0.39, 0.29) is 0 Å². The summed E-state index contributed by atoms with van der Waals surface area (Å²) in [6, 6.07) is 12.5. The van der Waals surface area contributed by atoms with Crippen LogP contribution in [0.5, 0.6) is 0 Å². The molecule has 2 aromatic rings. The van der Waals surface area contributed by atoms with Crippen LogP contribution in [0.2, 0.25) is 0 Å². The Morgan fingerprint density at radius 1 is 1.11 bits per heavy atom. The van der Waals surface area contributed by atoms with Crippen LogP contribution in [0.25, 0.3) is 10.9 Å². The Bertz CT molecular complexity index is 517. The fourth-order valence-corrected chi connectivity index (χ4v) is 1.91. The quantitative estimate of drug-likeness (QED) is 0.619. The second-order valence-electron chi connectivity index (χ2n) is 4.31. The fourth-order valence-electron chi connectivity index (χ4n) is 1.91. The molecule has 0 aliphatic rings. The second kappa shape index (κ2) is 6.92. The number of hydrogen-bond acceptors (Lipinski definition) is 2. The van der Waals surface area contributed by atoms with Crippen LogP contribution in [-0.2, 0) is 6.42 Å². The summed E-state index contributed by atoms with van der Waals surface area (Å²) in [4.78, 5) is 4.64. The van der Waals surface area contributed by atoms with Crippen LogP contribution in [0, 0.1) is 0 Å². The lowest BCUT2D eigenvalue weighted by Crippen LogP contribution is -2.12. The molecule has 0 radical (unpaired) electrons. The lowest BCUT2D eigenvalue weighted by molar-refractivity contribution is 0.726. The summed E-state index contributed by atoms with van der Waals surface area (Å²) in [6.45, 7) is 4.22. The summed E-state index contributed by atoms with van der Waals surface area (Å²) in [6.07, 6.45) is 6.42. The van der Waals surface area contributed by atoms with Crippen molar-refractivity contribution in [1.82, 2.24) is 10.3 Å². The predicted octanol–water partition coefficient (Wildman–Crippen LogP) is 3.33. The van der Waals surface area contributed by atoms with Crippen molar-refractivity contribution < 1.29 is 0 Å². The molecule has 0 aliphatic carbocycles. The molecule has 0 aliphatic heterocycles. The monoisotopic (exact) mass is 240 g/mol. The third kappa shape index (κ3) is 3.67. The Morgan fingerprint density at radius 3 is 2.89 bits per heavy atom. The molecule has 0 spiro atoms. The van der Waals surface area contributed by atoms with Crippen molar-refractivity contribution in [3.8, 4) is 0 Å². The molecule has 0 atom stereocenters. The molecule has 0 bridgehead atoms. The summed E-state index contributed by atoms with van der Waals surface area (Å²) >= 11 is 0. The Kier molecular flexibility index (Phi) is 4.91. The first-order chi connectivity index (χ1) is 8.90. The molecule has 0 fully saturated rings. The molecule has 18 heavy (non-hydrogen) atoms. The zero-order valence-electron chi connectivity index (χ0n) is 10.9. The fraction of sp³-hybridized carbons (Fsp3) is 0.312. The van der Waals surface area contributed by atoms with Gasteiger partial charge in [-0.3, -0.25) is 4.98 Å². The third-order valence-electron chi connectivity index (χ3n) is 2.89. The van der Waals surface area contributed by atoms with Gasteiger partial charge in [0.05, 0.1) is 5.52 Å². The summed E-state index contributed by atoms with van der Waals surface area (Å²) < 4.78 is 0. The Morgan fingerprint density at radius 2 is 2.00 bits per heavy atom. The SMILES string of the molecule is CCNCCC=CCc1ccc2ccccc2n1. The van der Waals surface area contributed by atoms with E-state index in [2.05, 4.69) is 53.6 Å². The van der Waals surface area contributed by atoms with Gasteiger partial charge in [-0.05, 0) is 31.6 Å². The molecule has 0 unspecified atom stereocenters. The summed E-state index contributed by atoms with van der Waals surface area (Å²) in [5.74, 6) is 0. The van der Waals surface area contributed by atoms with Crippen LogP contribution in [0.1, 0.15) is 19.0 Å². The van der Waals surface area contributed by atoms with E-state index in [1.54, 1.807) is 0 Å². The maximum Gasteiger partial charge on any atom is 0.0705 e. The Balaban J connectivity index is 1.91. The van der Waals surface area contributed by atoms with Crippen molar-refractivity contribution in [3.05, 3.63) is 54.2 Å². The minimum Gasteiger partial charge on any atom is -0.317 e. The molecular formula is C16H20N2. The van der Waals surface area contributed by atoms with Crippen LogP contribution < -0.4 is 5.32 Å². The number of nitrogens with one attached hydrogen (secondary N) is 1. The molecule has 1 N–H and O–H groups in total. The van der Waals surface area contributed by atoms with Gasteiger partial charge in [0.15, 0.2) is 0 Å². The summed E-state index contributed by atoms with van der Waals surface area (Å²) in [7, 11) is 0. The highest BCUT2D eigenvalue weighted by Gasteiger charge is 1.95. The number of nitrogens with zero attached hydrogens (tertiary/aromatic N) is 1. The van der Waals surface area contributed by atoms with Gasteiger partial charge in [0.1, 0.15) is 0 Å². The lowest BCUT2D eigenvalue weighted by atomic mass is 10.1. The molecule has 0 saturated heterocycles. The molecule has 94 valence electrons. The second-order valence-corrected chi connectivity index (χ2v) is 4.31. The maximum absolute atomic E-state index is 4.64. The topological polar surface area (TPSA) is 24.9 Å². The van der Waals surface area contributed by atoms with Crippen LogP contribution in [-0.4, -0.2) is 18.1 Å². The molecule has 0 saturated carbocycles. The van der Waals surface area contributed by atoms with E-state index in [0.29, 0.717) is 0 Å². The van der Waals surface area contributed by atoms with Gasteiger partial charge in [0.25, 0.3) is 0 Å². The van der Waals surface area contributed by atoms with Gasteiger partial charge < -0.3 is 5.32 Å². The first-order valence-corrected chi connectivity index (χ1v) is 6.60. The van der Waals surface area contributed by atoms with E-state index < -0.39 is 0 Å². The number of para-hydroxylation sites is 1. The van der Waals surface area contributed by atoms with Crippen LogP contribution in [0.3, 0.4) is 0 Å². The van der Waals surface area contributed by atoms with Gasteiger partial charge in [-0.2, -0.15) is 0 Å². The van der Waals surface area contributed by atoms with Crippen molar-refractivity contribution in [2.24, 2.45) is 0 Å². The molecule has 1 aromatic carbocycles. The highest BCUT2D eigenvalue weighted by molar-refractivity contribution is 5.78. The van der Waals surface area contributed by atoms with Gasteiger partial charge in [-0.1, -0.05) is 43.3 Å². The van der Waals surface area contributed by atoms with Crippen molar-refractivity contribution in [1.29, 1.82) is 0 Å². The maximum atomic E-state index is 4.64. The van der Waals surface area contributed by atoms with E-state index in [1.807, 2.05) is 12.1 Å². The molecule has 1 heterocycles. The highest BCUT2D eigenvalue weighted by Crippen LogP contribution is 2.12. The first-order valence-electron chi connectivity index (χ1n) is 6.60. The molecule has 2 rings (SSSR count). The largest absolute Gasteiger partial charge is 0.317 e. The minimum absolute atomic E-state index is 0.914. The van der Waals surface area contributed by atoms with Gasteiger partial charge in [-0.15, -0.1) is 0 Å². The number of pyridine rings is 1. The minimum atomic E-state index is 0.914.